The van der Waals surface area contributed by atoms with Crippen LogP contribution < -0.4 is 11.1 Å². The van der Waals surface area contributed by atoms with E-state index in [1.165, 1.54) is 0 Å². The van der Waals surface area contributed by atoms with Gasteiger partial charge in [0.2, 0.25) is 5.91 Å². The second-order valence-electron chi connectivity index (χ2n) is 4.78. The smallest absolute Gasteiger partial charge is 0.223 e. The number of hydrogen-bond acceptors (Lipinski definition) is 3. The van der Waals surface area contributed by atoms with Crippen LogP contribution in [0.15, 0.2) is 12.3 Å². The van der Waals surface area contributed by atoms with E-state index in [4.69, 9.17) is 5.73 Å². The van der Waals surface area contributed by atoms with Crippen LogP contribution in [-0.2, 0) is 18.4 Å². The van der Waals surface area contributed by atoms with E-state index in [1.54, 1.807) is 10.9 Å². The van der Waals surface area contributed by atoms with Crippen molar-refractivity contribution in [1.29, 1.82) is 0 Å². The van der Waals surface area contributed by atoms with Gasteiger partial charge < -0.3 is 11.1 Å². The van der Waals surface area contributed by atoms with Gasteiger partial charge in [0.05, 0.1) is 12.2 Å². The highest BCUT2D eigenvalue weighted by atomic mass is 16.1. The summed E-state index contributed by atoms with van der Waals surface area (Å²) in [5.41, 5.74) is 6.84. The molecule has 2 rings (SSSR count). The zero-order valence-corrected chi connectivity index (χ0v) is 10.2. The molecule has 1 amide bonds. The van der Waals surface area contributed by atoms with Gasteiger partial charge in [0.25, 0.3) is 0 Å². The molecule has 0 aromatic carbocycles. The van der Waals surface area contributed by atoms with Crippen molar-refractivity contribution in [3.05, 3.63) is 18.0 Å². The minimum Gasteiger partial charge on any atom is -0.350 e. The quantitative estimate of drug-likeness (QED) is 0.805. The van der Waals surface area contributed by atoms with Gasteiger partial charge in [-0.05, 0) is 31.7 Å². The third kappa shape index (κ3) is 3.06. The molecule has 1 aromatic rings. The van der Waals surface area contributed by atoms with Gasteiger partial charge in [-0.1, -0.05) is 0 Å². The van der Waals surface area contributed by atoms with E-state index in [0.717, 1.165) is 31.4 Å². The van der Waals surface area contributed by atoms with E-state index < -0.39 is 0 Å². The van der Waals surface area contributed by atoms with E-state index >= 15 is 0 Å². The first-order valence-electron chi connectivity index (χ1n) is 6.17. The van der Waals surface area contributed by atoms with Gasteiger partial charge in [-0.25, -0.2) is 0 Å². The van der Waals surface area contributed by atoms with Crippen LogP contribution in [0.3, 0.4) is 0 Å². The van der Waals surface area contributed by atoms with Crippen molar-refractivity contribution in [3.63, 3.8) is 0 Å². The molecule has 0 atom stereocenters. The zero-order chi connectivity index (χ0) is 12.3. The third-order valence-electron chi connectivity index (χ3n) is 3.51. The van der Waals surface area contributed by atoms with Gasteiger partial charge >= 0.3 is 0 Å². The second kappa shape index (κ2) is 5.31. The summed E-state index contributed by atoms with van der Waals surface area (Å²) in [5, 5.41) is 7.04. The highest BCUT2D eigenvalue weighted by molar-refractivity contribution is 5.78. The fourth-order valence-electron chi connectivity index (χ4n) is 2.28. The van der Waals surface area contributed by atoms with Crippen LogP contribution in [0.2, 0.25) is 0 Å². The van der Waals surface area contributed by atoms with Gasteiger partial charge in [-0.3, -0.25) is 9.48 Å². The molecule has 3 N–H and O–H groups in total. The predicted molar refractivity (Wildman–Crippen MR) is 65.0 cm³/mol. The lowest BCUT2D eigenvalue weighted by molar-refractivity contribution is -0.126. The molecule has 5 heteroatoms. The van der Waals surface area contributed by atoms with Crippen LogP contribution >= 0.6 is 0 Å². The maximum Gasteiger partial charge on any atom is 0.223 e. The van der Waals surface area contributed by atoms with E-state index in [2.05, 4.69) is 10.4 Å². The Morgan fingerprint density at radius 2 is 2.24 bits per heavy atom. The van der Waals surface area contributed by atoms with Gasteiger partial charge in [0.1, 0.15) is 0 Å². The normalized spacial score (nSPS) is 24.6. The molecule has 0 unspecified atom stereocenters. The summed E-state index contributed by atoms with van der Waals surface area (Å²) in [7, 11) is 1.88. The number of carbonyl (C=O) groups excluding carboxylic acids is 1. The first kappa shape index (κ1) is 12.1. The molecule has 0 spiro atoms. The Morgan fingerprint density at radius 3 is 2.82 bits per heavy atom. The molecule has 0 aliphatic heterocycles. The molecule has 5 nitrogen and oxygen atoms in total. The van der Waals surface area contributed by atoms with E-state index in [1.807, 2.05) is 13.1 Å². The zero-order valence-electron chi connectivity index (χ0n) is 10.2. The van der Waals surface area contributed by atoms with Crippen LogP contribution in [0.5, 0.6) is 0 Å². The van der Waals surface area contributed by atoms with E-state index in [0.29, 0.717) is 6.54 Å². The van der Waals surface area contributed by atoms with Crippen LogP contribution in [0.25, 0.3) is 0 Å². The number of amides is 1. The Bertz CT molecular complexity index is 380. The monoisotopic (exact) mass is 236 g/mol. The number of nitrogens with one attached hydrogen (secondary N) is 1. The first-order valence-corrected chi connectivity index (χ1v) is 6.17. The Balaban J connectivity index is 1.80. The molecule has 94 valence electrons. The fourth-order valence-corrected chi connectivity index (χ4v) is 2.28. The average molecular weight is 236 g/mol. The summed E-state index contributed by atoms with van der Waals surface area (Å²) in [4.78, 5) is 11.9. The first-order chi connectivity index (χ1) is 8.16. The van der Waals surface area contributed by atoms with Crippen LogP contribution in [0.4, 0.5) is 0 Å². The molecule has 0 saturated heterocycles. The Labute approximate surface area is 101 Å². The number of nitrogens with two attached hydrogens (primary N) is 1. The molecule has 1 saturated carbocycles. The molecular formula is C12H20N4O. The molecule has 0 bridgehead atoms. The summed E-state index contributed by atoms with van der Waals surface area (Å²) in [6, 6.07) is 2.20. The minimum atomic E-state index is 0.142. The molecule has 1 heterocycles. The van der Waals surface area contributed by atoms with E-state index in [-0.39, 0.29) is 17.9 Å². The Hall–Kier alpha value is -1.36. The van der Waals surface area contributed by atoms with Crippen molar-refractivity contribution in [2.75, 3.05) is 0 Å². The molecule has 1 aliphatic rings. The second-order valence-corrected chi connectivity index (χ2v) is 4.78. The lowest BCUT2D eigenvalue weighted by Gasteiger charge is -2.25. The van der Waals surface area contributed by atoms with Crippen molar-refractivity contribution >= 4 is 5.91 Å². The minimum absolute atomic E-state index is 0.142. The highest BCUT2D eigenvalue weighted by Gasteiger charge is 2.24. The lowest BCUT2D eigenvalue weighted by atomic mass is 9.86. The van der Waals surface area contributed by atoms with Crippen molar-refractivity contribution in [2.45, 2.75) is 38.3 Å². The van der Waals surface area contributed by atoms with Crippen molar-refractivity contribution in [3.8, 4) is 0 Å². The number of nitrogens with zero attached hydrogens (tertiary/aromatic N) is 2. The van der Waals surface area contributed by atoms with Gasteiger partial charge in [-0.15, -0.1) is 0 Å². The molecular weight excluding hydrogens is 216 g/mol. The number of aromatic nitrogens is 2. The number of hydrogen-bond donors (Lipinski definition) is 2. The summed E-state index contributed by atoms with van der Waals surface area (Å²) in [6.07, 6.45) is 5.49. The van der Waals surface area contributed by atoms with Crippen molar-refractivity contribution in [2.24, 2.45) is 18.7 Å². The van der Waals surface area contributed by atoms with Crippen LogP contribution in [0, 0.1) is 5.92 Å². The third-order valence-corrected chi connectivity index (χ3v) is 3.51. The highest BCUT2D eigenvalue weighted by Crippen LogP contribution is 2.23. The standard InChI is InChI=1S/C12H20N4O/c1-16-11(6-7-15-16)8-14-12(17)9-2-4-10(13)5-3-9/h6-7,9-10H,2-5,8,13H2,1H3,(H,14,17). The summed E-state index contributed by atoms with van der Waals surface area (Å²) in [5.74, 6) is 0.293. The van der Waals surface area contributed by atoms with E-state index in [9.17, 15) is 4.79 Å². The van der Waals surface area contributed by atoms with Gasteiger partial charge in [0.15, 0.2) is 0 Å². The Morgan fingerprint density at radius 1 is 1.53 bits per heavy atom. The lowest BCUT2D eigenvalue weighted by Crippen LogP contribution is -2.36. The van der Waals surface area contributed by atoms with Crippen LogP contribution in [0.1, 0.15) is 31.4 Å². The molecule has 1 aromatic heterocycles. The molecule has 1 fully saturated rings. The van der Waals surface area contributed by atoms with Crippen LogP contribution in [-0.4, -0.2) is 21.7 Å². The molecule has 17 heavy (non-hydrogen) atoms. The van der Waals surface area contributed by atoms with Gasteiger partial charge in [0, 0.05) is 25.2 Å². The number of aryl methyl sites for hydroxylation is 1. The molecule has 0 radical (unpaired) electrons. The number of carbonyl (C=O) groups is 1. The fraction of sp³-hybridized carbons (Fsp3) is 0.667. The Kier molecular flexibility index (Phi) is 3.78. The van der Waals surface area contributed by atoms with Crippen molar-refractivity contribution in [1.82, 2.24) is 15.1 Å². The predicted octanol–water partition coefficient (Wildman–Crippen LogP) is 0.554. The maximum absolute atomic E-state index is 11.9. The summed E-state index contributed by atoms with van der Waals surface area (Å²) < 4.78 is 1.77. The molecule has 1 aliphatic carbocycles. The largest absolute Gasteiger partial charge is 0.350 e. The summed E-state index contributed by atoms with van der Waals surface area (Å²) >= 11 is 0. The van der Waals surface area contributed by atoms with Gasteiger partial charge in [-0.2, -0.15) is 5.10 Å². The topological polar surface area (TPSA) is 72.9 Å². The summed E-state index contributed by atoms with van der Waals surface area (Å²) in [6.45, 7) is 0.553. The maximum atomic E-state index is 11.9. The average Bonchev–Trinajstić information content (AvgIpc) is 2.73. The van der Waals surface area contributed by atoms with Crippen molar-refractivity contribution < 1.29 is 4.79 Å². The SMILES string of the molecule is Cn1nccc1CNC(=O)C1CCC(N)CC1. The number of rotatable bonds is 3.